The van der Waals surface area contributed by atoms with E-state index in [1.807, 2.05) is 0 Å². The minimum absolute atomic E-state index is 0.0221. The predicted molar refractivity (Wildman–Crippen MR) is 119 cm³/mol. The number of benzene rings is 3. The second-order valence-corrected chi connectivity index (χ2v) is 7.90. The molecule has 0 saturated heterocycles. The normalized spacial score (nSPS) is 14.5. The molecule has 176 valence electrons. The van der Waals surface area contributed by atoms with E-state index in [1.165, 1.54) is 54.9 Å². The number of nitrogens with two attached hydrogens (primary N) is 1. The largest absolute Gasteiger partial charge is 0.438 e. The van der Waals surface area contributed by atoms with Gasteiger partial charge in [-0.05, 0) is 28.8 Å². The van der Waals surface area contributed by atoms with Gasteiger partial charge in [-0.2, -0.15) is 13.2 Å². The maximum Gasteiger partial charge on any atom is 0.417 e. The van der Waals surface area contributed by atoms with Crippen LogP contribution in [-0.4, -0.2) is 14.6 Å². The zero-order valence-electron chi connectivity index (χ0n) is 17.8. The van der Waals surface area contributed by atoms with Crippen LogP contribution in [0.2, 0.25) is 0 Å². The minimum atomic E-state index is -4.55. The van der Waals surface area contributed by atoms with Crippen LogP contribution in [0.1, 0.15) is 28.2 Å². The summed E-state index contributed by atoms with van der Waals surface area (Å²) in [4.78, 5) is 15.0. The first-order valence-electron chi connectivity index (χ1n) is 10.3. The Morgan fingerprint density at radius 1 is 1.09 bits per heavy atom. The molecule has 0 fully saturated rings. The van der Waals surface area contributed by atoms with Crippen LogP contribution in [0.15, 0.2) is 73.1 Å². The molecule has 0 spiro atoms. The lowest BCUT2D eigenvalue weighted by molar-refractivity contribution is -0.384. The van der Waals surface area contributed by atoms with Crippen LogP contribution in [0.3, 0.4) is 0 Å². The highest BCUT2D eigenvalue weighted by molar-refractivity contribution is 5.72. The van der Waals surface area contributed by atoms with Crippen molar-refractivity contribution >= 4 is 5.69 Å². The third-order valence-corrected chi connectivity index (χ3v) is 5.82. The number of halogens is 3. The van der Waals surface area contributed by atoms with Crippen molar-refractivity contribution in [1.29, 1.82) is 5.41 Å². The van der Waals surface area contributed by atoms with Gasteiger partial charge in [0, 0.05) is 23.6 Å². The highest BCUT2D eigenvalue weighted by Crippen LogP contribution is 2.47. The second-order valence-electron chi connectivity index (χ2n) is 7.90. The van der Waals surface area contributed by atoms with E-state index in [2.05, 4.69) is 4.98 Å². The molecule has 0 amide bonds. The number of nitrogens with one attached hydrogen (secondary N) is 1. The van der Waals surface area contributed by atoms with Crippen LogP contribution >= 0.6 is 0 Å². The first-order chi connectivity index (χ1) is 16.6. The summed E-state index contributed by atoms with van der Waals surface area (Å²) in [7, 11) is 0. The molecular formula is C24H16F3N5O3. The van der Waals surface area contributed by atoms with Crippen LogP contribution in [0.25, 0.3) is 11.1 Å². The van der Waals surface area contributed by atoms with Gasteiger partial charge in [0.2, 0.25) is 5.88 Å². The van der Waals surface area contributed by atoms with Crippen molar-refractivity contribution in [2.24, 2.45) is 0 Å². The molecule has 35 heavy (non-hydrogen) atoms. The fraction of sp³-hybridized carbons (Fsp3) is 0.0833. The highest BCUT2D eigenvalue weighted by atomic mass is 19.4. The first kappa shape index (κ1) is 22.1. The summed E-state index contributed by atoms with van der Waals surface area (Å²) < 4.78 is 47.7. The lowest BCUT2D eigenvalue weighted by Crippen LogP contribution is -2.33. The van der Waals surface area contributed by atoms with E-state index < -0.39 is 22.6 Å². The number of fused-ring (bicyclic) bond motifs is 2. The van der Waals surface area contributed by atoms with E-state index in [9.17, 15) is 23.3 Å². The Morgan fingerprint density at radius 2 is 1.86 bits per heavy atom. The molecule has 11 heteroatoms. The van der Waals surface area contributed by atoms with Crippen LogP contribution < -0.4 is 16.1 Å². The molecule has 0 saturated carbocycles. The zero-order chi connectivity index (χ0) is 24.9. The zero-order valence-corrected chi connectivity index (χ0v) is 17.8. The van der Waals surface area contributed by atoms with E-state index in [4.69, 9.17) is 16.0 Å². The Kier molecular flexibility index (Phi) is 5.04. The Bertz CT molecular complexity index is 1550. The van der Waals surface area contributed by atoms with Crippen LogP contribution in [-0.2, 0) is 6.18 Å². The van der Waals surface area contributed by atoms with Gasteiger partial charge in [0.15, 0.2) is 5.49 Å². The summed E-state index contributed by atoms with van der Waals surface area (Å²) in [6.45, 7) is 0. The van der Waals surface area contributed by atoms with Gasteiger partial charge < -0.3 is 10.6 Å². The van der Waals surface area contributed by atoms with Crippen LogP contribution in [0.5, 0.6) is 11.6 Å². The third kappa shape index (κ3) is 3.76. The molecule has 0 bridgehead atoms. The van der Waals surface area contributed by atoms with E-state index in [0.717, 1.165) is 10.7 Å². The van der Waals surface area contributed by atoms with E-state index in [1.54, 1.807) is 12.1 Å². The maximum atomic E-state index is 13.6. The number of hydrogen-bond donors (Lipinski definition) is 2. The molecule has 5 rings (SSSR count). The number of non-ortho nitro benzene ring substituents is 1. The topological polar surface area (TPSA) is 120 Å². The van der Waals surface area contributed by atoms with Crippen molar-refractivity contribution < 1.29 is 22.8 Å². The molecule has 3 N–H and O–H groups in total. The summed E-state index contributed by atoms with van der Waals surface area (Å²) in [5.74, 6) is 5.38. The smallest absolute Gasteiger partial charge is 0.417 e. The molecule has 1 aliphatic heterocycles. The molecule has 1 aliphatic rings. The summed E-state index contributed by atoms with van der Waals surface area (Å²) in [6.07, 6.45) is -3.37. The number of ether oxygens (including phenoxy) is 1. The third-order valence-electron chi connectivity index (χ3n) is 5.82. The summed E-state index contributed by atoms with van der Waals surface area (Å²) >= 11 is 0. The monoisotopic (exact) mass is 479 g/mol. The van der Waals surface area contributed by atoms with Crippen LogP contribution in [0.4, 0.5) is 18.9 Å². The molecule has 1 unspecified atom stereocenters. The van der Waals surface area contributed by atoms with Gasteiger partial charge in [-0.1, -0.05) is 42.5 Å². The van der Waals surface area contributed by atoms with Crippen molar-refractivity contribution in [3.8, 4) is 22.8 Å². The van der Waals surface area contributed by atoms with E-state index in [0.29, 0.717) is 11.1 Å². The fourth-order valence-electron chi connectivity index (χ4n) is 4.26. The van der Waals surface area contributed by atoms with Crippen LogP contribution in [0, 0.1) is 15.5 Å². The highest BCUT2D eigenvalue weighted by Gasteiger charge is 2.35. The number of hydrogen-bond acceptors (Lipinski definition) is 6. The fourth-order valence-corrected chi connectivity index (χ4v) is 4.26. The molecule has 0 aliphatic carbocycles. The van der Waals surface area contributed by atoms with Crippen molar-refractivity contribution in [2.45, 2.75) is 12.1 Å². The summed E-state index contributed by atoms with van der Waals surface area (Å²) in [6, 6.07) is 15.7. The van der Waals surface area contributed by atoms with Gasteiger partial charge in [-0.15, -0.1) is 0 Å². The molecule has 1 atom stereocenters. The Hall–Kier alpha value is -4.67. The minimum Gasteiger partial charge on any atom is -0.438 e. The number of rotatable bonds is 3. The number of aromatic nitrogens is 2. The van der Waals surface area contributed by atoms with Gasteiger partial charge in [0.05, 0.1) is 16.1 Å². The molecule has 2 heterocycles. The SMILES string of the molecule is N=c1c2c(ncn1N)Oc1cc(-c3ccccc3C(F)(F)F)ccc1C2c1cccc([N+](=O)[O-])c1. The number of nitrogens with zero attached hydrogens (tertiary/aromatic N) is 3. The number of nitro benzene ring substituents is 1. The molecule has 0 radical (unpaired) electrons. The van der Waals surface area contributed by atoms with Gasteiger partial charge >= 0.3 is 6.18 Å². The van der Waals surface area contributed by atoms with E-state index in [-0.39, 0.29) is 39.5 Å². The molecule has 1 aromatic heterocycles. The standard InChI is InChI=1S/C24H16F3N5O3/c25-24(26,27)18-7-2-1-6-16(18)13-8-9-17-19(11-13)35-23-21(22(28)31(29)12-30-23)20(17)14-4-3-5-15(10-14)32(33)34/h1-12,20,28H,29H2. The van der Waals surface area contributed by atoms with Gasteiger partial charge in [-0.25, -0.2) is 9.66 Å². The van der Waals surface area contributed by atoms with Crippen molar-refractivity contribution in [3.63, 3.8) is 0 Å². The molecule has 4 aromatic rings. The lowest BCUT2D eigenvalue weighted by atomic mass is 9.83. The predicted octanol–water partition coefficient (Wildman–Crippen LogP) is 4.96. The van der Waals surface area contributed by atoms with Crippen molar-refractivity contribution in [1.82, 2.24) is 9.66 Å². The average molecular weight is 479 g/mol. The Morgan fingerprint density at radius 3 is 2.60 bits per heavy atom. The van der Waals surface area contributed by atoms with Crippen molar-refractivity contribution in [3.05, 3.63) is 111 Å². The summed E-state index contributed by atoms with van der Waals surface area (Å²) in [5.41, 5.74) is 0.462. The summed E-state index contributed by atoms with van der Waals surface area (Å²) in [5, 5.41) is 19.8. The van der Waals surface area contributed by atoms with Gasteiger partial charge in [-0.3, -0.25) is 15.5 Å². The van der Waals surface area contributed by atoms with Gasteiger partial charge in [0.25, 0.3) is 5.69 Å². The maximum absolute atomic E-state index is 13.6. The second kappa shape index (κ2) is 7.97. The Labute approximate surface area is 195 Å². The van der Waals surface area contributed by atoms with Crippen molar-refractivity contribution in [2.75, 3.05) is 5.84 Å². The average Bonchev–Trinajstić information content (AvgIpc) is 2.84. The van der Waals surface area contributed by atoms with E-state index >= 15 is 0 Å². The molecular weight excluding hydrogens is 463 g/mol. The molecule has 3 aromatic carbocycles. The first-order valence-corrected chi connectivity index (χ1v) is 10.3. The van der Waals surface area contributed by atoms with Gasteiger partial charge in [0.1, 0.15) is 12.1 Å². The quantitative estimate of drug-likeness (QED) is 0.215. The number of nitrogen functional groups attached to an aromatic ring is 1. The Balaban J connectivity index is 1.73. The molecule has 8 nitrogen and oxygen atoms in total. The number of nitro groups is 1. The number of alkyl halides is 3. The lowest BCUT2D eigenvalue weighted by Gasteiger charge is -2.28.